The van der Waals surface area contributed by atoms with Crippen LogP contribution >= 0.6 is 0 Å². The van der Waals surface area contributed by atoms with Crippen LogP contribution < -0.4 is 5.32 Å². The highest BCUT2D eigenvalue weighted by Crippen LogP contribution is 2.26. The van der Waals surface area contributed by atoms with E-state index in [2.05, 4.69) is 9.97 Å². The fraction of sp³-hybridized carbons (Fsp3) is 0. The van der Waals surface area contributed by atoms with E-state index in [0.29, 0.717) is 0 Å². The number of nitriles is 1. The second-order valence-electron chi connectivity index (χ2n) is 3.35. The molecule has 0 fully saturated rings. The van der Waals surface area contributed by atoms with Crippen LogP contribution in [-0.4, -0.2) is 9.97 Å². The lowest BCUT2D eigenvalue weighted by Crippen LogP contribution is -2.05. The average molecular weight is 268 g/mol. The fourth-order valence-corrected chi connectivity index (χ4v) is 1.28. The Morgan fingerprint density at radius 2 is 1.74 bits per heavy atom. The van der Waals surface area contributed by atoms with Crippen molar-refractivity contribution in [1.82, 2.24) is 9.97 Å². The number of aromatic nitrogens is 2. The van der Waals surface area contributed by atoms with Crippen LogP contribution in [0.4, 0.5) is 29.2 Å². The molecule has 0 atom stereocenters. The molecule has 4 nitrogen and oxygen atoms in total. The molecule has 0 aliphatic rings. The van der Waals surface area contributed by atoms with Crippen LogP contribution in [-0.2, 0) is 0 Å². The maximum atomic E-state index is 13.3. The zero-order valence-electron chi connectivity index (χ0n) is 9.09. The summed E-state index contributed by atoms with van der Waals surface area (Å²) in [6, 6.07) is 3.02. The number of rotatable bonds is 2. The van der Waals surface area contributed by atoms with Gasteiger partial charge in [0.1, 0.15) is 17.5 Å². The molecule has 0 bridgehead atoms. The molecule has 8 heteroatoms. The summed E-state index contributed by atoms with van der Waals surface area (Å²) in [5.41, 5.74) is -1.14. The summed E-state index contributed by atoms with van der Waals surface area (Å²) >= 11 is 0. The molecule has 96 valence electrons. The minimum atomic E-state index is -1.61. The molecule has 1 aromatic heterocycles. The summed E-state index contributed by atoms with van der Waals surface area (Å²) in [7, 11) is 0. The number of halogens is 4. The monoisotopic (exact) mass is 268 g/mol. The van der Waals surface area contributed by atoms with Crippen LogP contribution in [0.1, 0.15) is 5.69 Å². The van der Waals surface area contributed by atoms with Crippen LogP contribution in [0.2, 0.25) is 0 Å². The van der Waals surface area contributed by atoms with Crippen molar-refractivity contribution in [1.29, 1.82) is 5.26 Å². The summed E-state index contributed by atoms with van der Waals surface area (Å²) in [6.45, 7) is 0. The Labute approximate surface area is 104 Å². The molecule has 0 aliphatic carbocycles. The second kappa shape index (κ2) is 4.89. The van der Waals surface area contributed by atoms with Gasteiger partial charge in [0.05, 0.1) is 0 Å². The van der Waals surface area contributed by atoms with Crippen LogP contribution in [0, 0.1) is 34.6 Å². The highest BCUT2D eigenvalue weighted by atomic mass is 19.2. The normalized spacial score (nSPS) is 10.1. The maximum absolute atomic E-state index is 13.3. The molecule has 0 amide bonds. The van der Waals surface area contributed by atoms with Gasteiger partial charge in [0.15, 0.2) is 23.3 Å². The minimum Gasteiger partial charge on any atom is -0.319 e. The molecule has 0 saturated carbocycles. The standard InChI is InChI=1S/C11H4F4N4/c12-6-3-7(13)9(15)10(8(6)14)19-11-17-2-1-5(4-16)18-11/h1-3H,(H,17,18,19). The van der Waals surface area contributed by atoms with E-state index in [0.717, 1.165) is 6.20 Å². The van der Waals surface area contributed by atoms with Gasteiger partial charge in [0, 0.05) is 12.3 Å². The number of benzene rings is 1. The molecule has 0 unspecified atom stereocenters. The van der Waals surface area contributed by atoms with Gasteiger partial charge < -0.3 is 5.32 Å². The van der Waals surface area contributed by atoms with E-state index in [1.165, 1.54) is 6.07 Å². The summed E-state index contributed by atoms with van der Waals surface area (Å²) in [4.78, 5) is 7.14. The van der Waals surface area contributed by atoms with Gasteiger partial charge in [-0.15, -0.1) is 0 Å². The van der Waals surface area contributed by atoms with Crippen molar-refractivity contribution >= 4 is 11.6 Å². The molecule has 2 aromatic rings. The van der Waals surface area contributed by atoms with Crippen LogP contribution in [0.25, 0.3) is 0 Å². The van der Waals surface area contributed by atoms with Gasteiger partial charge in [-0.3, -0.25) is 0 Å². The highest BCUT2D eigenvalue weighted by Gasteiger charge is 2.19. The lowest BCUT2D eigenvalue weighted by atomic mass is 10.2. The van der Waals surface area contributed by atoms with Crippen molar-refractivity contribution in [2.24, 2.45) is 0 Å². The molecule has 0 saturated heterocycles. The van der Waals surface area contributed by atoms with Crippen LogP contribution in [0.15, 0.2) is 18.3 Å². The average Bonchev–Trinajstić information content (AvgIpc) is 2.41. The SMILES string of the molecule is N#Cc1ccnc(Nc2c(F)c(F)cc(F)c2F)n1. The second-order valence-corrected chi connectivity index (χ2v) is 3.35. The van der Waals surface area contributed by atoms with Crippen LogP contribution in [0.5, 0.6) is 0 Å². The van der Waals surface area contributed by atoms with E-state index in [9.17, 15) is 17.6 Å². The Morgan fingerprint density at radius 1 is 1.11 bits per heavy atom. The van der Waals surface area contributed by atoms with Crippen molar-refractivity contribution < 1.29 is 17.6 Å². The maximum Gasteiger partial charge on any atom is 0.228 e. The van der Waals surface area contributed by atoms with Gasteiger partial charge in [-0.2, -0.15) is 5.26 Å². The summed E-state index contributed by atoms with van der Waals surface area (Å²) in [6.07, 6.45) is 1.15. The van der Waals surface area contributed by atoms with E-state index < -0.39 is 29.0 Å². The van der Waals surface area contributed by atoms with Gasteiger partial charge in [0.2, 0.25) is 5.95 Å². The molecular formula is C11H4F4N4. The Morgan fingerprint density at radius 3 is 2.32 bits per heavy atom. The van der Waals surface area contributed by atoms with Gasteiger partial charge in [-0.25, -0.2) is 27.5 Å². The van der Waals surface area contributed by atoms with Gasteiger partial charge >= 0.3 is 0 Å². The Kier molecular flexibility index (Phi) is 3.29. The first kappa shape index (κ1) is 12.8. The highest BCUT2D eigenvalue weighted by molar-refractivity contribution is 5.55. The number of hydrogen-bond donors (Lipinski definition) is 1. The first-order valence-electron chi connectivity index (χ1n) is 4.86. The Bertz CT molecular complexity index is 655. The molecule has 1 aromatic carbocycles. The molecule has 0 spiro atoms. The quantitative estimate of drug-likeness (QED) is 0.671. The van der Waals surface area contributed by atoms with E-state index in [1.54, 1.807) is 6.07 Å². The number of hydrogen-bond acceptors (Lipinski definition) is 4. The Hall–Kier alpha value is -2.69. The molecule has 0 aliphatic heterocycles. The Balaban J connectivity index is 2.46. The summed E-state index contributed by atoms with van der Waals surface area (Å²) < 4.78 is 52.6. The minimum absolute atomic E-state index is 0.0739. The van der Waals surface area contributed by atoms with Gasteiger partial charge in [0.25, 0.3) is 0 Å². The van der Waals surface area contributed by atoms with Crippen molar-refractivity contribution in [3.8, 4) is 6.07 Å². The number of nitrogens with zero attached hydrogens (tertiary/aromatic N) is 3. The zero-order chi connectivity index (χ0) is 14.0. The third-order valence-corrected chi connectivity index (χ3v) is 2.12. The summed E-state index contributed by atoms with van der Waals surface area (Å²) in [5.74, 6) is -6.69. The first-order valence-corrected chi connectivity index (χ1v) is 4.86. The molecular weight excluding hydrogens is 264 g/mol. The van der Waals surface area contributed by atoms with E-state index in [4.69, 9.17) is 5.26 Å². The topological polar surface area (TPSA) is 61.6 Å². The fourth-order valence-electron chi connectivity index (χ4n) is 1.28. The zero-order valence-corrected chi connectivity index (χ0v) is 9.09. The van der Waals surface area contributed by atoms with Crippen molar-refractivity contribution in [3.63, 3.8) is 0 Å². The third kappa shape index (κ3) is 2.44. The van der Waals surface area contributed by atoms with E-state index in [1.807, 2.05) is 5.32 Å². The lowest BCUT2D eigenvalue weighted by molar-refractivity contribution is 0.459. The van der Waals surface area contributed by atoms with E-state index >= 15 is 0 Å². The predicted molar refractivity (Wildman–Crippen MR) is 56.3 cm³/mol. The molecule has 19 heavy (non-hydrogen) atoms. The van der Waals surface area contributed by atoms with Gasteiger partial charge in [-0.05, 0) is 6.07 Å². The molecule has 1 heterocycles. The van der Waals surface area contributed by atoms with Gasteiger partial charge in [-0.1, -0.05) is 0 Å². The smallest absolute Gasteiger partial charge is 0.228 e. The number of anilines is 2. The van der Waals surface area contributed by atoms with Crippen LogP contribution in [0.3, 0.4) is 0 Å². The van der Waals surface area contributed by atoms with E-state index in [-0.39, 0.29) is 17.7 Å². The number of nitrogens with one attached hydrogen (secondary N) is 1. The first-order chi connectivity index (χ1) is 9.02. The summed E-state index contributed by atoms with van der Waals surface area (Å²) in [5, 5.41) is 10.6. The van der Waals surface area contributed by atoms with Crippen molar-refractivity contribution in [3.05, 3.63) is 47.3 Å². The lowest BCUT2D eigenvalue weighted by Gasteiger charge is -2.08. The largest absolute Gasteiger partial charge is 0.319 e. The van der Waals surface area contributed by atoms with Crippen molar-refractivity contribution in [2.45, 2.75) is 0 Å². The third-order valence-electron chi connectivity index (χ3n) is 2.12. The molecule has 1 N–H and O–H groups in total. The predicted octanol–water partition coefficient (Wildman–Crippen LogP) is 2.65. The molecule has 2 rings (SSSR count). The van der Waals surface area contributed by atoms with Crippen molar-refractivity contribution in [2.75, 3.05) is 5.32 Å². The molecule has 0 radical (unpaired) electrons.